The Labute approximate surface area is 206 Å². The Balaban J connectivity index is 1.41. The Morgan fingerprint density at radius 2 is 1.81 bits per heavy atom. The summed E-state index contributed by atoms with van der Waals surface area (Å²) in [6.07, 6.45) is 8.64. The molecule has 0 atom stereocenters. The van der Waals surface area contributed by atoms with Gasteiger partial charge in [-0.15, -0.1) is 0 Å². The molecule has 0 spiro atoms. The minimum Gasteiger partial charge on any atom is -0.337 e. The van der Waals surface area contributed by atoms with Crippen molar-refractivity contribution in [3.8, 4) is 33.9 Å². The van der Waals surface area contributed by atoms with E-state index in [0.717, 1.165) is 38.6 Å². The van der Waals surface area contributed by atoms with Gasteiger partial charge in [0.05, 0.1) is 40.3 Å². The first-order valence-electron chi connectivity index (χ1n) is 11.6. The third-order valence-corrected chi connectivity index (χ3v) is 6.00. The van der Waals surface area contributed by atoms with Crippen molar-refractivity contribution < 1.29 is 4.79 Å². The Morgan fingerprint density at radius 1 is 0.944 bits per heavy atom. The Bertz CT molecular complexity index is 1720. The minimum absolute atomic E-state index is 0.0643. The average molecular weight is 475 g/mol. The number of hydrogen-bond donors (Lipinski definition) is 3. The molecule has 6 rings (SSSR count). The number of imidazole rings is 1. The van der Waals surface area contributed by atoms with E-state index in [1.807, 2.05) is 56.3 Å². The summed E-state index contributed by atoms with van der Waals surface area (Å²) in [5, 5.41) is 11.3. The predicted octanol–water partition coefficient (Wildman–Crippen LogP) is 5.22. The molecule has 36 heavy (non-hydrogen) atoms. The van der Waals surface area contributed by atoms with Crippen LogP contribution in [0, 0.1) is 5.92 Å². The smallest absolute Gasteiger partial charge is 0.226 e. The van der Waals surface area contributed by atoms with E-state index < -0.39 is 0 Å². The number of para-hydroxylation sites is 1. The first-order valence-corrected chi connectivity index (χ1v) is 11.6. The molecule has 0 aliphatic carbocycles. The monoisotopic (exact) mass is 474 g/mol. The van der Waals surface area contributed by atoms with Crippen molar-refractivity contribution in [2.75, 3.05) is 5.32 Å². The summed E-state index contributed by atoms with van der Waals surface area (Å²) in [5.74, 6) is 0.469. The van der Waals surface area contributed by atoms with Crippen molar-refractivity contribution in [2.24, 2.45) is 5.92 Å². The summed E-state index contributed by atoms with van der Waals surface area (Å²) in [6, 6.07) is 13.8. The molecule has 5 heterocycles. The van der Waals surface area contributed by atoms with E-state index >= 15 is 0 Å². The lowest BCUT2D eigenvalue weighted by atomic mass is 10.1. The third kappa shape index (κ3) is 3.86. The number of benzene rings is 1. The van der Waals surface area contributed by atoms with E-state index in [2.05, 4.69) is 35.5 Å². The highest BCUT2D eigenvalue weighted by Crippen LogP contribution is 2.32. The van der Waals surface area contributed by atoms with Gasteiger partial charge in [-0.05, 0) is 35.9 Å². The number of hydrogen-bond acceptors (Lipinski definition) is 6. The lowest BCUT2D eigenvalue weighted by Gasteiger charge is -2.08. The van der Waals surface area contributed by atoms with E-state index in [1.165, 1.54) is 0 Å². The quantitative estimate of drug-likeness (QED) is 0.315. The van der Waals surface area contributed by atoms with Gasteiger partial charge in [0.25, 0.3) is 0 Å². The summed E-state index contributed by atoms with van der Waals surface area (Å²) in [7, 11) is 0. The fraction of sp³-hybridized carbons (Fsp3) is 0.111. The van der Waals surface area contributed by atoms with Crippen LogP contribution in [0.1, 0.15) is 13.8 Å². The van der Waals surface area contributed by atoms with Gasteiger partial charge in [-0.25, -0.2) is 4.98 Å². The Morgan fingerprint density at radius 3 is 2.64 bits per heavy atom. The molecule has 3 N–H and O–H groups in total. The van der Waals surface area contributed by atoms with Crippen molar-refractivity contribution in [1.29, 1.82) is 0 Å². The van der Waals surface area contributed by atoms with Crippen LogP contribution in [0.2, 0.25) is 0 Å². The van der Waals surface area contributed by atoms with Crippen molar-refractivity contribution in [2.45, 2.75) is 13.8 Å². The van der Waals surface area contributed by atoms with E-state index in [-0.39, 0.29) is 11.8 Å². The molecule has 0 fully saturated rings. The molecule has 1 aromatic carbocycles. The normalized spacial score (nSPS) is 11.4. The van der Waals surface area contributed by atoms with Crippen LogP contribution in [-0.2, 0) is 4.79 Å². The maximum absolute atomic E-state index is 12.1. The molecule has 176 valence electrons. The molecule has 0 radical (unpaired) electrons. The Kier molecular flexibility index (Phi) is 5.22. The standard InChI is InChI=1S/C27H22N8O/c1-15(2)27(36)31-18-10-17(12-29-13-18)22-11-20-23(14-30-22)34-35-25(20)26-32-21-5-3-4-19(24(21)33-26)16-6-8-28-9-7-16/h3-15H,1-2H3,(H,31,36)(H,32,33)(H,34,35). The SMILES string of the molecule is CC(C)C(=O)Nc1cncc(-c2cc3c(-c4nc5c(-c6ccncc6)cccc5[nH]4)n[nH]c3cn2)c1. The molecule has 0 bridgehead atoms. The maximum atomic E-state index is 12.1. The fourth-order valence-electron chi connectivity index (χ4n) is 4.10. The van der Waals surface area contributed by atoms with Crippen LogP contribution < -0.4 is 5.32 Å². The fourth-order valence-corrected chi connectivity index (χ4v) is 4.10. The van der Waals surface area contributed by atoms with Crippen LogP contribution in [-0.4, -0.2) is 41.0 Å². The molecule has 0 aliphatic heterocycles. The third-order valence-electron chi connectivity index (χ3n) is 6.00. The van der Waals surface area contributed by atoms with Crippen LogP contribution in [0.15, 0.2) is 73.4 Å². The van der Waals surface area contributed by atoms with Crippen molar-refractivity contribution in [3.63, 3.8) is 0 Å². The van der Waals surface area contributed by atoms with Gasteiger partial charge in [-0.3, -0.25) is 24.8 Å². The van der Waals surface area contributed by atoms with Gasteiger partial charge < -0.3 is 10.3 Å². The number of fused-ring (bicyclic) bond motifs is 2. The maximum Gasteiger partial charge on any atom is 0.226 e. The van der Waals surface area contributed by atoms with Gasteiger partial charge >= 0.3 is 0 Å². The number of nitrogens with one attached hydrogen (secondary N) is 3. The number of H-pyrrole nitrogens is 2. The van der Waals surface area contributed by atoms with E-state index in [4.69, 9.17) is 4.98 Å². The number of carbonyl (C=O) groups excluding carboxylic acids is 1. The minimum atomic E-state index is -0.125. The van der Waals surface area contributed by atoms with Crippen LogP contribution in [0.4, 0.5) is 5.69 Å². The van der Waals surface area contributed by atoms with Crippen molar-refractivity contribution in [3.05, 3.63) is 73.4 Å². The first kappa shape index (κ1) is 21.6. The average Bonchev–Trinajstić information content (AvgIpc) is 3.53. The molecular formula is C27H22N8O. The summed E-state index contributed by atoms with van der Waals surface area (Å²) in [4.78, 5) is 33.4. The zero-order valence-electron chi connectivity index (χ0n) is 19.6. The molecule has 0 unspecified atom stereocenters. The van der Waals surface area contributed by atoms with Crippen LogP contribution >= 0.6 is 0 Å². The number of rotatable bonds is 5. The second-order valence-corrected chi connectivity index (χ2v) is 8.82. The number of anilines is 1. The van der Waals surface area contributed by atoms with Gasteiger partial charge in [-0.2, -0.15) is 5.10 Å². The van der Waals surface area contributed by atoms with Gasteiger partial charge in [0.1, 0.15) is 5.69 Å². The van der Waals surface area contributed by atoms with Crippen molar-refractivity contribution in [1.82, 2.24) is 35.1 Å². The molecule has 6 aromatic rings. The molecule has 0 aliphatic rings. The van der Waals surface area contributed by atoms with Gasteiger partial charge in [0, 0.05) is 41.0 Å². The summed E-state index contributed by atoms with van der Waals surface area (Å²) < 4.78 is 0. The second kappa shape index (κ2) is 8.70. The summed E-state index contributed by atoms with van der Waals surface area (Å²) in [6.45, 7) is 3.70. The molecule has 5 aromatic heterocycles. The zero-order chi connectivity index (χ0) is 24.6. The topological polar surface area (TPSA) is 125 Å². The number of pyridine rings is 3. The molecule has 9 heteroatoms. The van der Waals surface area contributed by atoms with Gasteiger partial charge in [0.2, 0.25) is 5.91 Å². The molecule has 0 saturated carbocycles. The molecule has 0 saturated heterocycles. The summed E-state index contributed by atoms with van der Waals surface area (Å²) >= 11 is 0. The number of aromatic nitrogens is 7. The largest absolute Gasteiger partial charge is 0.337 e. The highest BCUT2D eigenvalue weighted by Gasteiger charge is 2.16. The van der Waals surface area contributed by atoms with Crippen molar-refractivity contribution >= 4 is 33.5 Å². The summed E-state index contributed by atoms with van der Waals surface area (Å²) in [5.41, 5.74) is 7.46. The number of carbonyl (C=O) groups is 1. The van der Waals surface area contributed by atoms with Gasteiger partial charge in [0.15, 0.2) is 5.82 Å². The van der Waals surface area contributed by atoms with Gasteiger partial charge in [-0.1, -0.05) is 26.0 Å². The lowest BCUT2D eigenvalue weighted by molar-refractivity contribution is -0.118. The number of nitrogens with zero attached hydrogens (tertiary/aromatic N) is 5. The Hall–Kier alpha value is -4.92. The van der Waals surface area contributed by atoms with E-state index in [9.17, 15) is 4.79 Å². The highest BCUT2D eigenvalue weighted by molar-refractivity contribution is 5.98. The molecule has 9 nitrogen and oxygen atoms in total. The second-order valence-electron chi connectivity index (χ2n) is 8.82. The van der Waals surface area contributed by atoms with Crippen LogP contribution in [0.5, 0.6) is 0 Å². The van der Waals surface area contributed by atoms with Crippen LogP contribution in [0.25, 0.3) is 55.8 Å². The highest BCUT2D eigenvalue weighted by atomic mass is 16.1. The molecular weight excluding hydrogens is 452 g/mol. The molecule has 1 amide bonds. The van der Waals surface area contributed by atoms with E-state index in [1.54, 1.807) is 31.0 Å². The van der Waals surface area contributed by atoms with E-state index in [0.29, 0.717) is 22.9 Å². The first-order chi connectivity index (χ1) is 17.6. The number of amides is 1. The predicted molar refractivity (Wildman–Crippen MR) is 139 cm³/mol. The number of aromatic amines is 2. The van der Waals surface area contributed by atoms with Crippen LogP contribution in [0.3, 0.4) is 0 Å². The lowest BCUT2D eigenvalue weighted by Crippen LogP contribution is -2.17. The zero-order valence-corrected chi connectivity index (χ0v) is 19.6.